The van der Waals surface area contributed by atoms with Crippen LogP contribution in [0.3, 0.4) is 0 Å². The van der Waals surface area contributed by atoms with E-state index in [4.69, 9.17) is 14.7 Å². The molecule has 0 amide bonds. The third kappa shape index (κ3) is 4.40. The molecule has 0 aliphatic heterocycles. The highest BCUT2D eigenvalue weighted by Crippen LogP contribution is 2.33. The molecule has 0 aliphatic carbocycles. The first-order valence-electron chi connectivity index (χ1n) is 9.38. The van der Waals surface area contributed by atoms with Crippen molar-refractivity contribution in [2.45, 2.75) is 17.7 Å². The van der Waals surface area contributed by atoms with Crippen LogP contribution in [0, 0.1) is 0 Å². The Hall–Kier alpha value is -2.70. The number of para-hydroxylation sites is 1. The summed E-state index contributed by atoms with van der Waals surface area (Å²) in [6.45, 7) is 1.57. The Kier molecular flexibility index (Phi) is 6.16. The maximum Gasteiger partial charge on any atom is 0.161 e. The highest BCUT2D eigenvalue weighted by Gasteiger charge is 2.13. The summed E-state index contributed by atoms with van der Waals surface area (Å²) >= 11 is 5.08. The predicted octanol–water partition coefficient (Wildman–Crippen LogP) is 6.56. The maximum atomic E-state index is 11.8. The summed E-state index contributed by atoms with van der Waals surface area (Å²) in [5.41, 5.74) is 3.50. The van der Waals surface area contributed by atoms with Crippen molar-refractivity contribution in [3.63, 3.8) is 0 Å². The second-order valence-electron chi connectivity index (χ2n) is 6.75. The first-order chi connectivity index (χ1) is 14.5. The van der Waals surface area contributed by atoms with Crippen LogP contribution in [0.25, 0.3) is 22.3 Å². The van der Waals surface area contributed by atoms with E-state index in [1.165, 1.54) is 0 Å². The van der Waals surface area contributed by atoms with Crippen molar-refractivity contribution >= 4 is 44.4 Å². The van der Waals surface area contributed by atoms with Gasteiger partial charge in [0.25, 0.3) is 0 Å². The number of halogens is 1. The van der Waals surface area contributed by atoms with Crippen LogP contribution in [0.15, 0.2) is 76.2 Å². The summed E-state index contributed by atoms with van der Waals surface area (Å²) in [5.74, 6) is 2.12. The molecule has 0 aliphatic rings. The minimum absolute atomic E-state index is 0.0360. The number of ether oxygens (including phenoxy) is 1. The van der Waals surface area contributed by atoms with Crippen LogP contribution >= 0.6 is 27.7 Å². The Labute approximate surface area is 187 Å². The standard InChI is InChI=1S/C24H19BrN2O2S/c1-15(28)17-9-12-22(29-2)18(13-17)14-30-24-20-5-3-4-6-21(20)26-23(27-24)16-7-10-19(25)11-8-16/h3-13H,14H2,1-2H3. The van der Waals surface area contributed by atoms with Gasteiger partial charge < -0.3 is 4.74 Å². The molecule has 0 fully saturated rings. The number of carbonyl (C=O) groups is 1. The Morgan fingerprint density at radius 3 is 2.53 bits per heavy atom. The van der Waals surface area contributed by atoms with Gasteiger partial charge in [-0.2, -0.15) is 0 Å². The average molecular weight is 479 g/mol. The molecule has 0 saturated carbocycles. The van der Waals surface area contributed by atoms with Crippen LogP contribution in [0.1, 0.15) is 22.8 Å². The van der Waals surface area contributed by atoms with Crippen molar-refractivity contribution in [3.8, 4) is 17.1 Å². The van der Waals surface area contributed by atoms with Gasteiger partial charge in [-0.1, -0.05) is 46.3 Å². The number of aromatic nitrogens is 2. The van der Waals surface area contributed by atoms with Crippen LogP contribution in [-0.4, -0.2) is 22.9 Å². The third-order valence-electron chi connectivity index (χ3n) is 4.72. The van der Waals surface area contributed by atoms with Crippen molar-refractivity contribution in [3.05, 3.63) is 82.3 Å². The van der Waals surface area contributed by atoms with Crippen molar-refractivity contribution in [2.24, 2.45) is 0 Å². The summed E-state index contributed by atoms with van der Waals surface area (Å²) in [6, 6.07) is 21.5. The molecule has 1 heterocycles. The maximum absolute atomic E-state index is 11.8. The highest BCUT2D eigenvalue weighted by atomic mass is 79.9. The van der Waals surface area contributed by atoms with Gasteiger partial charge in [0.15, 0.2) is 11.6 Å². The second-order valence-corrected chi connectivity index (χ2v) is 8.63. The lowest BCUT2D eigenvalue weighted by atomic mass is 10.1. The zero-order valence-corrected chi connectivity index (χ0v) is 19.0. The fourth-order valence-electron chi connectivity index (χ4n) is 3.14. The molecule has 4 nitrogen and oxygen atoms in total. The van der Waals surface area contributed by atoms with Crippen molar-refractivity contribution < 1.29 is 9.53 Å². The molecule has 0 N–H and O–H groups in total. The van der Waals surface area contributed by atoms with Crippen LogP contribution in [0.2, 0.25) is 0 Å². The predicted molar refractivity (Wildman–Crippen MR) is 125 cm³/mol. The third-order valence-corrected chi connectivity index (χ3v) is 6.29. The Bertz CT molecular complexity index is 1230. The van der Waals surface area contributed by atoms with Gasteiger partial charge in [-0.15, -0.1) is 11.8 Å². The van der Waals surface area contributed by atoms with Crippen molar-refractivity contribution in [2.75, 3.05) is 7.11 Å². The molecular weight excluding hydrogens is 460 g/mol. The number of hydrogen-bond donors (Lipinski definition) is 0. The lowest BCUT2D eigenvalue weighted by Gasteiger charge is -2.12. The summed E-state index contributed by atoms with van der Waals surface area (Å²) in [7, 11) is 1.64. The monoisotopic (exact) mass is 478 g/mol. The SMILES string of the molecule is COc1ccc(C(C)=O)cc1CSc1nc(-c2ccc(Br)cc2)nc2ccccc12. The zero-order valence-electron chi connectivity index (χ0n) is 16.6. The van der Waals surface area contributed by atoms with Crippen LogP contribution in [-0.2, 0) is 5.75 Å². The number of benzene rings is 3. The van der Waals surface area contributed by atoms with Gasteiger partial charge in [0.1, 0.15) is 10.8 Å². The quantitative estimate of drug-likeness (QED) is 0.178. The van der Waals surface area contributed by atoms with Gasteiger partial charge in [0.05, 0.1) is 12.6 Å². The summed E-state index contributed by atoms with van der Waals surface area (Å²) < 4.78 is 6.51. The van der Waals surface area contributed by atoms with E-state index in [1.807, 2.05) is 60.7 Å². The molecule has 0 radical (unpaired) electrons. The Morgan fingerprint density at radius 2 is 1.80 bits per heavy atom. The molecule has 4 aromatic rings. The number of nitrogens with zero attached hydrogens (tertiary/aromatic N) is 2. The van der Waals surface area contributed by atoms with Gasteiger partial charge in [0, 0.05) is 32.3 Å². The van der Waals surface area contributed by atoms with E-state index in [9.17, 15) is 4.79 Å². The summed E-state index contributed by atoms with van der Waals surface area (Å²) in [4.78, 5) is 21.4. The number of thioether (sulfide) groups is 1. The van der Waals surface area contributed by atoms with Crippen molar-refractivity contribution in [1.29, 1.82) is 0 Å². The van der Waals surface area contributed by atoms with E-state index in [0.717, 1.165) is 37.3 Å². The smallest absolute Gasteiger partial charge is 0.161 e. The van der Waals surface area contributed by atoms with E-state index < -0.39 is 0 Å². The molecule has 0 unspecified atom stereocenters. The van der Waals surface area contributed by atoms with Gasteiger partial charge in [0.2, 0.25) is 0 Å². The molecule has 6 heteroatoms. The van der Waals surface area contributed by atoms with Gasteiger partial charge in [-0.3, -0.25) is 4.79 Å². The summed E-state index contributed by atoms with van der Waals surface area (Å²) in [5, 5.41) is 1.90. The van der Waals surface area contributed by atoms with Gasteiger partial charge in [-0.25, -0.2) is 9.97 Å². The Morgan fingerprint density at radius 1 is 1.03 bits per heavy atom. The number of ketones is 1. The number of methoxy groups -OCH3 is 1. The normalized spacial score (nSPS) is 10.9. The molecule has 0 bridgehead atoms. The first-order valence-corrected chi connectivity index (χ1v) is 11.2. The van der Waals surface area contributed by atoms with E-state index in [1.54, 1.807) is 31.9 Å². The zero-order chi connectivity index (χ0) is 21.1. The van der Waals surface area contributed by atoms with E-state index in [-0.39, 0.29) is 5.78 Å². The molecule has 150 valence electrons. The molecule has 0 atom stereocenters. The first kappa shape index (κ1) is 20.6. The lowest BCUT2D eigenvalue weighted by molar-refractivity contribution is 0.101. The molecule has 1 aromatic heterocycles. The topological polar surface area (TPSA) is 52.1 Å². The van der Waals surface area contributed by atoms with Crippen LogP contribution < -0.4 is 4.74 Å². The van der Waals surface area contributed by atoms with E-state index >= 15 is 0 Å². The lowest BCUT2D eigenvalue weighted by Crippen LogP contribution is -1.98. The second kappa shape index (κ2) is 8.98. The molecule has 0 saturated heterocycles. The van der Waals surface area contributed by atoms with Crippen molar-refractivity contribution in [1.82, 2.24) is 9.97 Å². The number of carbonyl (C=O) groups excluding carboxylic acids is 1. The van der Waals surface area contributed by atoms with Gasteiger partial charge in [-0.05, 0) is 43.3 Å². The molecular formula is C24H19BrN2O2S. The molecule has 30 heavy (non-hydrogen) atoms. The number of fused-ring (bicyclic) bond motifs is 1. The fourth-order valence-corrected chi connectivity index (χ4v) is 4.40. The van der Waals surface area contributed by atoms with Crippen LogP contribution in [0.4, 0.5) is 0 Å². The van der Waals surface area contributed by atoms with Crippen LogP contribution in [0.5, 0.6) is 5.75 Å². The average Bonchev–Trinajstić information content (AvgIpc) is 2.77. The number of hydrogen-bond acceptors (Lipinski definition) is 5. The van der Waals surface area contributed by atoms with E-state index in [0.29, 0.717) is 17.1 Å². The molecule has 0 spiro atoms. The minimum Gasteiger partial charge on any atom is -0.496 e. The number of rotatable bonds is 6. The van der Waals surface area contributed by atoms with Gasteiger partial charge >= 0.3 is 0 Å². The minimum atomic E-state index is 0.0360. The highest BCUT2D eigenvalue weighted by molar-refractivity contribution is 9.10. The largest absolute Gasteiger partial charge is 0.496 e. The molecule has 4 rings (SSSR count). The number of Topliss-reactive ketones (excluding diaryl/α,β-unsaturated/α-hetero) is 1. The Balaban J connectivity index is 1.73. The fraction of sp³-hybridized carbons (Fsp3) is 0.125. The summed E-state index contributed by atoms with van der Waals surface area (Å²) in [6.07, 6.45) is 0. The van der Waals surface area contributed by atoms with E-state index in [2.05, 4.69) is 15.9 Å². The molecule has 3 aromatic carbocycles.